The Bertz CT molecular complexity index is 968. The van der Waals surface area contributed by atoms with Crippen molar-refractivity contribution in [2.24, 2.45) is 0 Å². The van der Waals surface area contributed by atoms with Gasteiger partial charge in [0.25, 0.3) is 5.91 Å². The van der Waals surface area contributed by atoms with E-state index >= 15 is 0 Å². The molecule has 26 heavy (non-hydrogen) atoms. The van der Waals surface area contributed by atoms with E-state index in [4.69, 9.17) is 16.0 Å². The van der Waals surface area contributed by atoms with Crippen LogP contribution in [0.1, 0.15) is 10.6 Å². The molecule has 0 aliphatic rings. The van der Waals surface area contributed by atoms with Crippen LogP contribution in [-0.4, -0.2) is 43.0 Å². The van der Waals surface area contributed by atoms with Crippen LogP contribution in [0.5, 0.6) is 0 Å². The molecule has 0 fully saturated rings. The molecule has 136 valence electrons. The number of fused-ring (bicyclic) bond motifs is 1. The van der Waals surface area contributed by atoms with Crippen molar-refractivity contribution in [1.82, 2.24) is 4.98 Å². The number of quaternary nitrogens is 1. The Morgan fingerprint density at radius 3 is 2.81 bits per heavy atom. The van der Waals surface area contributed by atoms with E-state index in [9.17, 15) is 14.9 Å². The second-order valence-electron chi connectivity index (χ2n) is 5.92. The van der Waals surface area contributed by atoms with Crippen LogP contribution in [0, 0.1) is 10.1 Å². The number of benzene rings is 1. The van der Waals surface area contributed by atoms with Gasteiger partial charge in [-0.2, -0.15) is 0 Å². The Morgan fingerprint density at radius 1 is 1.38 bits per heavy atom. The van der Waals surface area contributed by atoms with E-state index in [0.29, 0.717) is 23.2 Å². The number of furan rings is 1. The van der Waals surface area contributed by atoms with Crippen molar-refractivity contribution in [2.45, 2.75) is 0 Å². The Kier molecular flexibility index (Phi) is 5.21. The number of rotatable bonds is 6. The summed E-state index contributed by atoms with van der Waals surface area (Å²) in [6.07, 6.45) is 0. The molecule has 0 saturated carbocycles. The third kappa shape index (κ3) is 3.85. The molecule has 10 heteroatoms. The van der Waals surface area contributed by atoms with Gasteiger partial charge < -0.3 is 9.32 Å². The minimum Gasteiger partial charge on any atom is -0.395 e. The van der Waals surface area contributed by atoms with Crippen molar-refractivity contribution < 1.29 is 19.0 Å². The number of nitro groups is 1. The van der Waals surface area contributed by atoms with Gasteiger partial charge in [-0.15, -0.1) is 0 Å². The highest BCUT2D eigenvalue weighted by Crippen LogP contribution is 2.31. The van der Waals surface area contributed by atoms with Crippen LogP contribution in [0.4, 0.5) is 11.0 Å². The molecule has 8 nitrogen and oxygen atoms in total. The number of likely N-dealkylation sites (N-methyl/N-ethyl adjacent to an activating group) is 1. The first-order chi connectivity index (χ1) is 12.3. The summed E-state index contributed by atoms with van der Waals surface area (Å²) in [4.78, 5) is 30.1. The molecule has 1 N–H and O–H groups in total. The lowest BCUT2D eigenvalue weighted by Crippen LogP contribution is -3.06. The van der Waals surface area contributed by atoms with E-state index in [1.807, 2.05) is 14.1 Å². The topological polar surface area (TPSA) is 93.9 Å². The first-order valence-corrected chi connectivity index (χ1v) is 8.96. The SMILES string of the molecule is C[NH+](C)CCN(C(=O)c1ccc([N+](=O)[O-])o1)c1nc2ccc(Cl)cc2s1. The number of carbonyl (C=O) groups excluding carboxylic acids is 1. The highest BCUT2D eigenvalue weighted by atomic mass is 35.5. The van der Waals surface area contributed by atoms with Gasteiger partial charge in [0.05, 0.1) is 43.5 Å². The number of carbonyl (C=O) groups is 1. The maximum atomic E-state index is 12.9. The Hall–Kier alpha value is -2.49. The number of nitrogens with zero attached hydrogens (tertiary/aromatic N) is 3. The van der Waals surface area contributed by atoms with Crippen molar-refractivity contribution >= 4 is 50.1 Å². The van der Waals surface area contributed by atoms with E-state index in [1.165, 1.54) is 28.4 Å². The molecule has 0 unspecified atom stereocenters. The summed E-state index contributed by atoms with van der Waals surface area (Å²) < 4.78 is 5.92. The van der Waals surface area contributed by atoms with Crippen LogP contribution in [0.2, 0.25) is 5.02 Å². The van der Waals surface area contributed by atoms with Gasteiger partial charge in [0.15, 0.2) is 10.9 Å². The highest BCUT2D eigenvalue weighted by molar-refractivity contribution is 7.22. The summed E-state index contributed by atoms with van der Waals surface area (Å²) in [5, 5.41) is 11.9. The molecule has 2 aromatic heterocycles. The zero-order valence-corrected chi connectivity index (χ0v) is 15.6. The fraction of sp³-hybridized carbons (Fsp3) is 0.250. The summed E-state index contributed by atoms with van der Waals surface area (Å²) in [7, 11) is 3.94. The Labute approximate surface area is 157 Å². The van der Waals surface area contributed by atoms with Crippen LogP contribution in [-0.2, 0) is 0 Å². The van der Waals surface area contributed by atoms with E-state index in [0.717, 1.165) is 15.1 Å². The van der Waals surface area contributed by atoms with Gasteiger partial charge in [0.1, 0.15) is 4.92 Å². The van der Waals surface area contributed by atoms with Crippen LogP contribution >= 0.6 is 22.9 Å². The van der Waals surface area contributed by atoms with Crippen LogP contribution in [0.3, 0.4) is 0 Å². The summed E-state index contributed by atoms with van der Waals surface area (Å²) in [6.45, 7) is 1.06. The molecule has 0 radical (unpaired) electrons. The van der Waals surface area contributed by atoms with Crippen molar-refractivity contribution in [1.29, 1.82) is 0 Å². The van der Waals surface area contributed by atoms with Crippen LogP contribution in [0.15, 0.2) is 34.7 Å². The number of hydrogen-bond donors (Lipinski definition) is 1. The lowest BCUT2D eigenvalue weighted by atomic mass is 10.3. The molecule has 1 aromatic carbocycles. The van der Waals surface area contributed by atoms with Gasteiger partial charge in [0.2, 0.25) is 0 Å². The van der Waals surface area contributed by atoms with Crippen molar-refractivity contribution in [3.8, 4) is 0 Å². The number of nitrogens with one attached hydrogen (secondary N) is 1. The fourth-order valence-electron chi connectivity index (χ4n) is 2.29. The van der Waals surface area contributed by atoms with E-state index in [2.05, 4.69) is 4.98 Å². The standard InChI is InChI=1S/C16H15ClN4O4S/c1-19(2)7-8-20(15(22)12-5-6-14(25-12)21(23)24)16-18-11-4-3-10(17)9-13(11)26-16/h3-6,9H,7-8H2,1-2H3/p+1. The molecule has 0 aliphatic heterocycles. The molecular weight excluding hydrogens is 380 g/mol. The maximum Gasteiger partial charge on any atom is 0.433 e. The van der Waals surface area contributed by atoms with Gasteiger partial charge in [-0.05, 0) is 24.3 Å². The molecule has 0 atom stereocenters. The molecule has 1 amide bonds. The molecule has 0 spiro atoms. The average Bonchev–Trinajstić information content (AvgIpc) is 3.20. The number of amides is 1. The molecule has 3 aromatic rings. The third-order valence-corrected chi connectivity index (χ3v) is 4.91. The molecule has 2 heterocycles. The van der Waals surface area contributed by atoms with Crippen molar-refractivity contribution in [3.05, 3.63) is 51.2 Å². The van der Waals surface area contributed by atoms with Gasteiger partial charge >= 0.3 is 5.88 Å². The van der Waals surface area contributed by atoms with Crippen LogP contribution < -0.4 is 9.80 Å². The number of aromatic nitrogens is 1. The van der Waals surface area contributed by atoms with Gasteiger partial charge in [0, 0.05) is 5.02 Å². The van der Waals surface area contributed by atoms with E-state index < -0.39 is 16.7 Å². The number of thiazole rings is 1. The minimum atomic E-state index is -0.676. The predicted octanol–water partition coefficient (Wildman–Crippen LogP) is 2.24. The zero-order valence-electron chi connectivity index (χ0n) is 14.1. The Morgan fingerprint density at radius 2 is 2.15 bits per heavy atom. The molecular formula is C16H16ClN4O4S+. The molecule has 0 bridgehead atoms. The minimum absolute atomic E-state index is 0.0947. The van der Waals surface area contributed by atoms with E-state index in [1.54, 1.807) is 18.2 Å². The number of halogens is 1. The predicted molar refractivity (Wildman–Crippen MR) is 99.3 cm³/mol. The Balaban J connectivity index is 1.97. The van der Waals surface area contributed by atoms with Gasteiger partial charge in [-0.3, -0.25) is 19.8 Å². The first-order valence-electron chi connectivity index (χ1n) is 7.76. The average molecular weight is 396 g/mol. The lowest BCUT2D eigenvalue weighted by molar-refractivity contribution is -0.856. The van der Waals surface area contributed by atoms with E-state index in [-0.39, 0.29) is 5.76 Å². The van der Waals surface area contributed by atoms with Gasteiger partial charge in [-0.25, -0.2) is 4.98 Å². The summed E-state index contributed by atoms with van der Waals surface area (Å²) >= 11 is 7.35. The second-order valence-corrected chi connectivity index (χ2v) is 7.36. The summed E-state index contributed by atoms with van der Waals surface area (Å²) in [5.74, 6) is -1.03. The van der Waals surface area contributed by atoms with Gasteiger partial charge in [-0.1, -0.05) is 22.9 Å². The monoisotopic (exact) mass is 395 g/mol. The third-order valence-electron chi connectivity index (χ3n) is 3.63. The van der Waals surface area contributed by atoms with Crippen LogP contribution in [0.25, 0.3) is 10.2 Å². The largest absolute Gasteiger partial charge is 0.433 e. The van der Waals surface area contributed by atoms with Crippen molar-refractivity contribution in [2.75, 3.05) is 32.1 Å². The maximum absolute atomic E-state index is 12.9. The van der Waals surface area contributed by atoms with Crippen molar-refractivity contribution in [3.63, 3.8) is 0 Å². The summed E-state index contributed by atoms with van der Waals surface area (Å²) in [6, 6.07) is 7.78. The lowest BCUT2D eigenvalue weighted by Gasteiger charge is -2.19. The smallest absolute Gasteiger partial charge is 0.395 e. The first kappa shape index (κ1) is 18.3. The second kappa shape index (κ2) is 7.40. The zero-order chi connectivity index (χ0) is 18.8. The quantitative estimate of drug-likeness (QED) is 0.510. The molecule has 0 aliphatic carbocycles. The fourth-order valence-corrected chi connectivity index (χ4v) is 3.56. The molecule has 3 rings (SSSR count). The highest BCUT2D eigenvalue weighted by Gasteiger charge is 2.26. The number of anilines is 1. The molecule has 0 saturated heterocycles. The normalized spacial score (nSPS) is 11.2. The summed E-state index contributed by atoms with van der Waals surface area (Å²) in [5.41, 5.74) is 0.731. The number of hydrogen-bond acceptors (Lipinski definition) is 6.